The number of hydrogen-bond donors (Lipinski definition) is 1. The number of hydrogen-bond acceptors (Lipinski definition) is 3. The van der Waals surface area contributed by atoms with E-state index in [1.54, 1.807) is 18.1 Å². The third-order valence-electron chi connectivity index (χ3n) is 3.19. The van der Waals surface area contributed by atoms with Crippen LogP contribution in [0.15, 0.2) is 24.3 Å². The summed E-state index contributed by atoms with van der Waals surface area (Å²) in [7, 11) is 1.56. The summed E-state index contributed by atoms with van der Waals surface area (Å²) in [5, 5.41) is 8.82. The molecule has 1 N–H and O–H groups in total. The Bertz CT molecular complexity index is 505. The van der Waals surface area contributed by atoms with E-state index in [4.69, 9.17) is 9.84 Å². The van der Waals surface area contributed by atoms with E-state index < -0.39 is 11.5 Å². The van der Waals surface area contributed by atoms with Crippen LogP contribution in [0, 0.1) is 0 Å². The summed E-state index contributed by atoms with van der Waals surface area (Å²) in [5.41, 5.74) is 0.378. The molecule has 0 bridgehead atoms. The molecule has 0 saturated heterocycles. The third-order valence-corrected chi connectivity index (χ3v) is 3.19. The number of benzene rings is 1. The standard InChI is InChI=1S/C16H23NO4/c1-16(2,3)17(10-9-15(19)20)14(18)11-12-7-5-6-8-13(12)21-4/h5-8H,9-11H2,1-4H3,(H,19,20). The van der Waals surface area contributed by atoms with E-state index in [1.165, 1.54) is 0 Å². The fourth-order valence-electron chi connectivity index (χ4n) is 2.15. The molecule has 1 aromatic rings. The van der Waals surface area contributed by atoms with Crippen LogP contribution in [0.25, 0.3) is 0 Å². The van der Waals surface area contributed by atoms with Crippen LogP contribution < -0.4 is 4.74 Å². The smallest absolute Gasteiger partial charge is 0.305 e. The highest BCUT2D eigenvalue weighted by Gasteiger charge is 2.27. The molecule has 0 unspecified atom stereocenters. The Morgan fingerprint density at radius 1 is 1.24 bits per heavy atom. The second-order valence-corrected chi connectivity index (χ2v) is 5.85. The molecule has 5 nitrogen and oxygen atoms in total. The van der Waals surface area contributed by atoms with Gasteiger partial charge in [-0.2, -0.15) is 0 Å². The molecular formula is C16H23NO4. The lowest BCUT2D eigenvalue weighted by molar-refractivity contribution is -0.140. The van der Waals surface area contributed by atoms with Crippen molar-refractivity contribution >= 4 is 11.9 Å². The summed E-state index contributed by atoms with van der Waals surface area (Å²) in [6.07, 6.45) is 0.135. The van der Waals surface area contributed by atoms with E-state index in [2.05, 4.69) is 0 Å². The molecule has 0 atom stereocenters. The zero-order chi connectivity index (χ0) is 16.0. The molecule has 1 amide bonds. The number of para-hydroxylation sites is 1. The first-order valence-electron chi connectivity index (χ1n) is 6.90. The first-order valence-corrected chi connectivity index (χ1v) is 6.90. The van der Waals surface area contributed by atoms with Crippen LogP contribution in [0.2, 0.25) is 0 Å². The van der Waals surface area contributed by atoms with Crippen LogP contribution in [0.1, 0.15) is 32.8 Å². The Hall–Kier alpha value is -2.04. The lowest BCUT2D eigenvalue weighted by atomic mass is 10.0. The van der Waals surface area contributed by atoms with Crippen molar-refractivity contribution < 1.29 is 19.4 Å². The van der Waals surface area contributed by atoms with Crippen molar-refractivity contribution in [3.05, 3.63) is 29.8 Å². The van der Waals surface area contributed by atoms with Crippen molar-refractivity contribution in [1.29, 1.82) is 0 Å². The Labute approximate surface area is 125 Å². The lowest BCUT2D eigenvalue weighted by Crippen LogP contribution is -2.47. The summed E-state index contributed by atoms with van der Waals surface area (Å²) in [6, 6.07) is 7.35. The van der Waals surface area contributed by atoms with Crippen molar-refractivity contribution in [2.75, 3.05) is 13.7 Å². The van der Waals surface area contributed by atoms with Gasteiger partial charge in [0.15, 0.2) is 0 Å². The Kier molecular flexibility index (Phi) is 5.76. The topological polar surface area (TPSA) is 66.8 Å². The number of ether oxygens (including phenoxy) is 1. The average molecular weight is 293 g/mol. The monoisotopic (exact) mass is 293 g/mol. The maximum atomic E-state index is 12.5. The molecule has 0 aliphatic carbocycles. The molecule has 0 aliphatic rings. The van der Waals surface area contributed by atoms with Crippen molar-refractivity contribution in [2.45, 2.75) is 39.2 Å². The van der Waals surface area contributed by atoms with Gasteiger partial charge in [-0.3, -0.25) is 9.59 Å². The third kappa shape index (κ3) is 5.10. The second-order valence-electron chi connectivity index (χ2n) is 5.85. The van der Waals surface area contributed by atoms with Crippen LogP contribution in [-0.4, -0.2) is 41.1 Å². The number of amides is 1. The number of carbonyl (C=O) groups is 2. The first kappa shape index (κ1) is 17.0. The maximum absolute atomic E-state index is 12.5. The number of carboxylic acids is 1. The molecule has 116 valence electrons. The summed E-state index contributed by atoms with van der Waals surface area (Å²) < 4.78 is 5.24. The fraction of sp³-hybridized carbons (Fsp3) is 0.500. The highest BCUT2D eigenvalue weighted by molar-refractivity contribution is 5.80. The number of rotatable bonds is 6. The SMILES string of the molecule is COc1ccccc1CC(=O)N(CCC(=O)O)C(C)(C)C. The van der Waals surface area contributed by atoms with Gasteiger partial charge >= 0.3 is 5.97 Å². The van der Waals surface area contributed by atoms with Gasteiger partial charge in [-0.1, -0.05) is 18.2 Å². The Balaban J connectivity index is 2.88. The molecule has 1 rings (SSSR count). The second kappa shape index (κ2) is 7.11. The van der Waals surface area contributed by atoms with E-state index in [9.17, 15) is 9.59 Å². The van der Waals surface area contributed by atoms with Crippen LogP contribution in [-0.2, 0) is 16.0 Å². The summed E-state index contributed by atoms with van der Waals surface area (Å²) >= 11 is 0. The average Bonchev–Trinajstić information content (AvgIpc) is 2.37. The summed E-state index contributed by atoms with van der Waals surface area (Å²) in [6.45, 7) is 5.89. The molecular weight excluding hydrogens is 270 g/mol. The number of nitrogens with zero attached hydrogens (tertiary/aromatic N) is 1. The molecule has 0 spiro atoms. The number of carbonyl (C=O) groups excluding carboxylic acids is 1. The minimum Gasteiger partial charge on any atom is -0.496 e. The quantitative estimate of drug-likeness (QED) is 0.874. The first-order chi connectivity index (χ1) is 9.75. The van der Waals surface area contributed by atoms with Crippen LogP contribution in [0.3, 0.4) is 0 Å². The molecule has 21 heavy (non-hydrogen) atoms. The Morgan fingerprint density at radius 3 is 2.38 bits per heavy atom. The van der Waals surface area contributed by atoms with Gasteiger partial charge in [0.05, 0.1) is 20.0 Å². The normalized spacial score (nSPS) is 11.0. The van der Waals surface area contributed by atoms with Gasteiger partial charge in [-0.15, -0.1) is 0 Å². The van der Waals surface area contributed by atoms with Gasteiger partial charge in [-0.05, 0) is 26.8 Å². The molecule has 0 aliphatic heterocycles. The lowest BCUT2D eigenvalue weighted by Gasteiger charge is -2.35. The van der Waals surface area contributed by atoms with Crippen LogP contribution >= 0.6 is 0 Å². The highest BCUT2D eigenvalue weighted by Crippen LogP contribution is 2.21. The van der Waals surface area contributed by atoms with Crippen LogP contribution in [0.5, 0.6) is 5.75 Å². The van der Waals surface area contributed by atoms with Crippen molar-refractivity contribution in [1.82, 2.24) is 4.90 Å². The van der Waals surface area contributed by atoms with Crippen molar-refractivity contribution in [3.63, 3.8) is 0 Å². The molecule has 5 heteroatoms. The molecule has 0 saturated carbocycles. The van der Waals surface area contributed by atoms with Crippen molar-refractivity contribution in [3.8, 4) is 5.75 Å². The van der Waals surface area contributed by atoms with Gasteiger partial charge in [0.2, 0.25) is 5.91 Å². The minimum absolute atomic E-state index is 0.0606. The molecule has 0 aromatic heterocycles. The van der Waals surface area contributed by atoms with Gasteiger partial charge in [0, 0.05) is 17.6 Å². The number of carboxylic acid groups (broad SMARTS) is 1. The maximum Gasteiger partial charge on any atom is 0.305 e. The predicted molar refractivity (Wildman–Crippen MR) is 80.4 cm³/mol. The predicted octanol–water partition coefficient (Wildman–Crippen LogP) is 2.34. The molecule has 0 fully saturated rings. The zero-order valence-corrected chi connectivity index (χ0v) is 13.0. The fourth-order valence-corrected chi connectivity index (χ4v) is 2.15. The van der Waals surface area contributed by atoms with Gasteiger partial charge < -0.3 is 14.7 Å². The van der Waals surface area contributed by atoms with Crippen LogP contribution in [0.4, 0.5) is 0 Å². The zero-order valence-electron chi connectivity index (χ0n) is 13.0. The Morgan fingerprint density at radius 2 is 1.86 bits per heavy atom. The summed E-state index contributed by atoms with van der Waals surface area (Å²) in [4.78, 5) is 24.9. The molecule has 1 aromatic carbocycles. The molecule has 0 radical (unpaired) electrons. The van der Waals surface area contributed by atoms with Crippen molar-refractivity contribution in [2.24, 2.45) is 0 Å². The van der Waals surface area contributed by atoms with E-state index in [0.717, 1.165) is 5.56 Å². The minimum atomic E-state index is -0.908. The van der Waals surface area contributed by atoms with E-state index in [0.29, 0.717) is 5.75 Å². The van der Waals surface area contributed by atoms with Gasteiger partial charge in [-0.25, -0.2) is 0 Å². The largest absolute Gasteiger partial charge is 0.496 e. The van der Waals surface area contributed by atoms with Gasteiger partial charge in [0.25, 0.3) is 0 Å². The number of methoxy groups -OCH3 is 1. The van der Waals surface area contributed by atoms with Gasteiger partial charge in [0.1, 0.15) is 5.75 Å². The van der Waals surface area contributed by atoms with E-state index in [1.807, 2.05) is 39.0 Å². The summed E-state index contributed by atoms with van der Waals surface area (Å²) in [5.74, 6) is -0.347. The van der Waals surface area contributed by atoms with E-state index in [-0.39, 0.29) is 25.3 Å². The molecule has 0 heterocycles. The van der Waals surface area contributed by atoms with E-state index >= 15 is 0 Å². The highest BCUT2D eigenvalue weighted by atomic mass is 16.5. The number of aliphatic carboxylic acids is 1.